The van der Waals surface area contributed by atoms with Crippen LogP contribution in [0.2, 0.25) is 0 Å². The molecule has 0 spiro atoms. The number of fused-ring (bicyclic) bond motifs is 1. The third-order valence-corrected chi connectivity index (χ3v) is 4.95. The molecule has 0 radical (unpaired) electrons. The van der Waals surface area contributed by atoms with Crippen LogP contribution in [-0.2, 0) is 0 Å². The maximum absolute atomic E-state index is 13.9. The molecule has 3 aromatic rings. The molecule has 2 aromatic carbocycles. The number of hydrogen-bond acceptors (Lipinski definition) is 5. The van der Waals surface area contributed by atoms with Gasteiger partial charge in [0, 0.05) is 11.1 Å². The maximum Gasteiger partial charge on any atom is 0.164 e. The molecule has 0 aliphatic carbocycles. The standard InChI is InChI=1S/C21H18FN3OS/c1-2-11-26-16-8-5-14(6-9-16)20-17-13-15(22)7-10-18(17)23-21(25-24-20)19-4-3-12-27-19/h3-10,12-13H,2,11H2,1H3,(H,23,25). The largest absolute Gasteiger partial charge is 0.494 e. The molecule has 136 valence electrons. The lowest BCUT2D eigenvalue weighted by Crippen LogP contribution is -2.18. The average Bonchev–Trinajstić information content (AvgIpc) is 3.16. The van der Waals surface area contributed by atoms with Gasteiger partial charge in [-0.25, -0.2) is 9.38 Å². The quantitative estimate of drug-likeness (QED) is 0.670. The third-order valence-electron chi connectivity index (χ3n) is 4.07. The SMILES string of the molecule is CCCOc1ccc(C2=NNC(c3cccs3)=Nc3ccc(F)cc32)cc1. The lowest BCUT2D eigenvalue weighted by atomic mass is 10.0. The smallest absolute Gasteiger partial charge is 0.164 e. The number of nitrogens with zero attached hydrogens (tertiary/aromatic N) is 2. The minimum Gasteiger partial charge on any atom is -0.494 e. The number of nitrogens with one attached hydrogen (secondary N) is 1. The third kappa shape index (κ3) is 3.75. The van der Waals surface area contributed by atoms with Gasteiger partial charge in [0.1, 0.15) is 17.3 Å². The normalized spacial score (nSPS) is 13.1. The molecule has 4 rings (SSSR count). The van der Waals surface area contributed by atoms with Crippen molar-refractivity contribution in [1.82, 2.24) is 5.43 Å². The Kier molecular flexibility index (Phi) is 4.98. The molecule has 0 bridgehead atoms. The highest BCUT2D eigenvalue weighted by Gasteiger charge is 2.18. The van der Waals surface area contributed by atoms with Crippen molar-refractivity contribution in [3.8, 4) is 5.75 Å². The van der Waals surface area contributed by atoms with E-state index in [9.17, 15) is 4.39 Å². The van der Waals surface area contributed by atoms with Gasteiger partial charge in [-0.2, -0.15) is 5.10 Å². The van der Waals surface area contributed by atoms with Crippen molar-refractivity contribution in [1.29, 1.82) is 0 Å². The van der Waals surface area contributed by atoms with Gasteiger partial charge < -0.3 is 4.74 Å². The second-order valence-corrected chi connectivity index (χ2v) is 6.99. The molecule has 1 aliphatic rings. The summed E-state index contributed by atoms with van der Waals surface area (Å²) in [6.07, 6.45) is 0.952. The summed E-state index contributed by atoms with van der Waals surface area (Å²) >= 11 is 1.57. The number of aliphatic imine (C=N–C) groups is 1. The second-order valence-electron chi connectivity index (χ2n) is 6.04. The Morgan fingerprint density at radius 2 is 1.96 bits per heavy atom. The molecule has 6 heteroatoms. The number of benzene rings is 2. The Morgan fingerprint density at radius 1 is 1.11 bits per heavy atom. The summed E-state index contributed by atoms with van der Waals surface area (Å²) in [6, 6.07) is 16.2. The minimum atomic E-state index is -0.320. The van der Waals surface area contributed by atoms with Crippen LogP contribution in [-0.4, -0.2) is 18.2 Å². The first-order valence-corrected chi connectivity index (χ1v) is 9.62. The molecule has 27 heavy (non-hydrogen) atoms. The van der Waals surface area contributed by atoms with E-state index in [1.165, 1.54) is 12.1 Å². The van der Waals surface area contributed by atoms with Crippen molar-refractivity contribution < 1.29 is 9.13 Å². The average molecular weight is 379 g/mol. The van der Waals surface area contributed by atoms with E-state index in [0.717, 1.165) is 22.6 Å². The van der Waals surface area contributed by atoms with Crippen LogP contribution >= 0.6 is 11.3 Å². The Hall–Kier alpha value is -2.99. The van der Waals surface area contributed by atoms with Crippen molar-refractivity contribution in [2.24, 2.45) is 10.1 Å². The van der Waals surface area contributed by atoms with E-state index in [4.69, 9.17) is 4.74 Å². The van der Waals surface area contributed by atoms with Crippen molar-refractivity contribution in [3.63, 3.8) is 0 Å². The van der Waals surface area contributed by atoms with Crippen molar-refractivity contribution >= 4 is 28.6 Å². The predicted octanol–water partition coefficient (Wildman–Crippen LogP) is 5.11. The lowest BCUT2D eigenvalue weighted by Gasteiger charge is -2.09. The van der Waals surface area contributed by atoms with Gasteiger partial charge in [-0.15, -0.1) is 11.3 Å². The Bertz CT molecular complexity index is 995. The van der Waals surface area contributed by atoms with Crippen LogP contribution in [0.25, 0.3) is 0 Å². The number of hydrazone groups is 1. The van der Waals surface area contributed by atoms with Crippen LogP contribution in [0.4, 0.5) is 10.1 Å². The van der Waals surface area contributed by atoms with Crippen molar-refractivity contribution in [2.45, 2.75) is 13.3 Å². The molecular formula is C21H18FN3OS. The summed E-state index contributed by atoms with van der Waals surface area (Å²) in [5.74, 6) is 1.13. The molecule has 1 aromatic heterocycles. The molecule has 2 heterocycles. The van der Waals surface area contributed by atoms with Crippen LogP contribution in [0, 0.1) is 5.82 Å². The molecule has 0 saturated heterocycles. The first kappa shape index (κ1) is 17.4. The van der Waals surface area contributed by atoms with Gasteiger partial charge >= 0.3 is 0 Å². The summed E-state index contributed by atoms with van der Waals surface area (Å²) in [7, 11) is 0. The van der Waals surface area contributed by atoms with E-state index < -0.39 is 0 Å². The van der Waals surface area contributed by atoms with Gasteiger partial charge in [0.2, 0.25) is 0 Å². The van der Waals surface area contributed by atoms with Crippen LogP contribution < -0.4 is 10.2 Å². The molecule has 0 unspecified atom stereocenters. The number of rotatable bonds is 5. The zero-order chi connectivity index (χ0) is 18.6. The summed E-state index contributed by atoms with van der Waals surface area (Å²) in [4.78, 5) is 5.64. The topological polar surface area (TPSA) is 46.0 Å². The number of ether oxygens (including phenoxy) is 1. The van der Waals surface area contributed by atoms with Crippen LogP contribution in [0.3, 0.4) is 0 Å². The van der Waals surface area contributed by atoms with Crippen molar-refractivity contribution in [2.75, 3.05) is 6.61 Å². The number of thiophene rings is 1. The lowest BCUT2D eigenvalue weighted by molar-refractivity contribution is 0.317. The van der Waals surface area contributed by atoms with Crippen LogP contribution in [0.5, 0.6) is 5.75 Å². The number of halogens is 1. The Balaban J connectivity index is 1.75. The zero-order valence-corrected chi connectivity index (χ0v) is 15.6. The fraction of sp³-hybridized carbons (Fsp3) is 0.143. The van der Waals surface area contributed by atoms with E-state index >= 15 is 0 Å². The summed E-state index contributed by atoms with van der Waals surface area (Å²) in [6.45, 7) is 2.74. The second kappa shape index (κ2) is 7.72. The molecular weight excluding hydrogens is 361 g/mol. The first-order valence-electron chi connectivity index (χ1n) is 8.74. The number of hydrogen-bond donors (Lipinski definition) is 1. The van der Waals surface area contributed by atoms with E-state index in [0.29, 0.717) is 29.4 Å². The van der Waals surface area contributed by atoms with Crippen molar-refractivity contribution in [3.05, 3.63) is 81.8 Å². The highest BCUT2D eigenvalue weighted by molar-refractivity contribution is 7.12. The minimum absolute atomic E-state index is 0.320. The highest BCUT2D eigenvalue weighted by atomic mass is 32.1. The summed E-state index contributed by atoms with van der Waals surface area (Å²) in [5.41, 5.74) is 5.87. The number of amidine groups is 1. The predicted molar refractivity (Wildman–Crippen MR) is 108 cm³/mol. The molecule has 0 saturated carbocycles. The fourth-order valence-electron chi connectivity index (χ4n) is 2.78. The summed E-state index contributed by atoms with van der Waals surface area (Å²) in [5, 5.41) is 6.52. The Labute approximate surface area is 161 Å². The first-order chi connectivity index (χ1) is 13.2. The van der Waals surface area contributed by atoms with Gasteiger partial charge in [-0.1, -0.05) is 13.0 Å². The Morgan fingerprint density at radius 3 is 2.70 bits per heavy atom. The van der Waals surface area contributed by atoms with Crippen LogP contribution in [0.15, 0.2) is 70.1 Å². The van der Waals surface area contributed by atoms with Gasteiger partial charge in [-0.05, 0) is 60.3 Å². The molecule has 1 aliphatic heterocycles. The highest BCUT2D eigenvalue weighted by Crippen LogP contribution is 2.28. The molecule has 4 nitrogen and oxygen atoms in total. The van der Waals surface area contributed by atoms with Gasteiger partial charge in [-0.3, -0.25) is 5.43 Å². The van der Waals surface area contributed by atoms with Gasteiger partial charge in [0.25, 0.3) is 0 Å². The molecule has 1 N–H and O–H groups in total. The molecule has 0 fully saturated rings. The van der Waals surface area contributed by atoms with E-state index in [-0.39, 0.29) is 5.82 Å². The van der Waals surface area contributed by atoms with E-state index in [1.54, 1.807) is 17.4 Å². The van der Waals surface area contributed by atoms with Crippen LogP contribution in [0.1, 0.15) is 29.3 Å². The fourth-order valence-corrected chi connectivity index (χ4v) is 3.45. The maximum atomic E-state index is 13.9. The summed E-state index contributed by atoms with van der Waals surface area (Å²) < 4.78 is 19.6. The van der Waals surface area contributed by atoms with E-state index in [1.807, 2.05) is 41.8 Å². The van der Waals surface area contributed by atoms with E-state index in [2.05, 4.69) is 22.4 Å². The molecule has 0 atom stereocenters. The van der Waals surface area contributed by atoms with Gasteiger partial charge in [0.15, 0.2) is 5.84 Å². The monoisotopic (exact) mass is 379 g/mol. The van der Waals surface area contributed by atoms with Gasteiger partial charge in [0.05, 0.1) is 17.2 Å². The molecule has 0 amide bonds. The zero-order valence-electron chi connectivity index (χ0n) is 14.8.